The summed E-state index contributed by atoms with van der Waals surface area (Å²) in [4.78, 5) is 8.23. The lowest BCUT2D eigenvalue weighted by Crippen LogP contribution is -2.02. The van der Waals surface area contributed by atoms with Gasteiger partial charge in [-0.05, 0) is 44.4 Å². The van der Waals surface area contributed by atoms with Crippen LogP contribution >= 0.6 is 0 Å². The van der Waals surface area contributed by atoms with Crippen LogP contribution in [0.5, 0.6) is 0 Å². The molecule has 0 saturated heterocycles. The Morgan fingerprint density at radius 2 is 1.88 bits per heavy atom. The second-order valence-corrected chi connectivity index (χ2v) is 4.73. The van der Waals surface area contributed by atoms with Crippen molar-refractivity contribution in [2.75, 3.05) is 0 Å². The van der Waals surface area contributed by atoms with E-state index in [1.165, 1.54) is 39.4 Å². The van der Waals surface area contributed by atoms with Crippen LogP contribution in [0.2, 0.25) is 0 Å². The van der Waals surface area contributed by atoms with E-state index in [2.05, 4.69) is 44.8 Å². The first kappa shape index (κ1) is 9.64. The zero-order chi connectivity index (χ0) is 11.4. The molecule has 0 aromatic carbocycles. The number of aromatic amines is 1. The highest BCUT2D eigenvalue weighted by Crippen LogP contribution is 2.41. The number of hydrogen-bond acceptors (Lipinski definition) is 1. The molecular weight excluding hydrogens is 196 g/mol. The van der Waals surface area contributed by atoms with Crippen LogP contribution in [0.1, 0.15) is 42.4 Å². The number of aromatic nitrogens is 1. The van der Waals surface area contributed by atoms with Crippen molar-refractivity contribution in [2.45, 2.75) is 33.7 Å². The number of nitrogens with zero attached hydrogens (tertiary/aromatic N) is 1. The maximum Gasteiger partial charge on any atom is 0.116 e. The van der Waals surface area contributed by atoms with Crippen molar-refractivity contribution in [1.82, 2.24) is 4.98 Å². The van der Waals surface area contributed by atoms with Gasteiger partial charge in [0, 0.05) is 17.0 Å². The molecule has 16 heavy (non-hydrogen) atoms. The van der Waals surface area contributed by atoms with Crippen molar-refractivity contribution in [3.05, 3.63) is 39.7 Å². The molecule has 82 valence electrons. The van der Waals surface area contributed by atoms with Crippen molar-refractivity contribution in [1.29, 1.82) is 0 Å². The number of aliphatic imine (C=N–C) groups is 1. The van der Waals surface area contributed by atoms with E-state index in [1.807, 2.05) is 0 Å². The zero-order valence-electron chi connectivity index (χ0n) is 10.2. The summed E-state index contributed by atoms with van der Waals surface area (Å²) in [6.45, 7) is 8.55. The molecule has 0 spiro atoms. The zero-order valence-corrected chi connectivity index (χ0v) is 10.2. The third kappa shape index (κ3) is 1.04. The third-order valence-electron chi connectivity index (χ3n) is 3.87. The number of aryl methyl sites for hydroxylation is 1. The molecule has 1 aliphatic heterocycles. The summed E-state index contributed by atoms with van der Waals surface area (Å²) in [6.07, 6.45) is 4.44. The summed E-state index contributed by atoms with van der Waals surface area (Å²) in [5, 5.41) is 0. The molecule has 0 fully saturated rings. The summed E-state index contributed by atoms with van der Waals surface area (Å²) >= 11 is 0. The summed E-state index contributed by atoms with van der Waals surface area (Å²) in [5.41, 5.74) is 9.06. The number of allylic oxidation sites excluding steroid dienone is 1. The Kier molecular flexibility index (Phi) is 1.79. The molecule has 0 amide bonds. The smallest absolute Gasteiger partial charge is 0.116 e. The van der Waals surface area contributed by atoms with Crippen LogP contribution in [-0.4, -0.2) is 10.7 Å². The van der Waals surface area contributed by atoms with Gasteiger partial charge in [-0.2, -0.15) is 0 Å². The number of rotatable bonds is 0. The molecular formula is C14H16N2. The first-order valence-electron chi connectivity index (χ1n) is 5.72. The molecule has 2 aliphatic rings. The molecule has 1 aliphatic carbocycles. The molecule has 1 N–H and O–H groups in total. The molecule has 1 aromatic rings. The van der Waals surface area contributed by atoms with Crippen LogP contribution in [0, 0.1) is 13.8 Å². The average Bonchev–Trinajstić information content (AvgIpc) is 2.70. The molecule has 1 atom stereocenters. The normalized spacial score (nSPS) is 22.2. The first-order valence-corrected chi connectivity index (χ1v) is 5.72. The number of hydrogen-bond donors (Lipinski definition) is 1. The minimum absolute atomic E-state index is 0.215. The minimum Gasteiger partial charge on any atom is -0.360 e. The molecule has 0 saturated carbocycles. The van der Waals surface area contributed by atoms with Gasteiger partial charge in [-0.3, -0.25) is 4.99 Å². The maximum atomic E-state index is 4.75. The van der Waals surface area contributed by atoms with Gasteiger partial charge < -0.3 is 4.98 Å². The SMILES string of the molecule is CC1=NC2C(=C1C)C=Cc1c2[nH]c(C)c1C. The van der Waals surface area contributed by atoms with Crippen molar-refractivity contribution in [2.24, 2.45) is 4.99 Å². The summed E-state index contributed by atoms with van der Waals surface area (Å²) in [5.74, 6) is 0. The number of H-pyrrole nitrogens is 1. The first-order chi connectivity index (χ1) is 7.59. The van der Waals surface area contributed by atoms with Crippen molar-refractivity contribution in [3.8, 4) is 0 Å². The summed E-state index contributed by atoms with van der Waals surface area (Å²) < 4.78 is 0. The summed E-state index contributed by atoms with van der Waals surface area (Å²) in [7, 11) is 0. The maximum absolute atomic E-state index is 4.75. The van der Waals surface area contributed by atoms with Gasteiger partial charge in [0.2, 0.25) is 0 Å². The molecule has 0 radical (unpaired) electrons. The molecule has 0 bridgehead atoms. The Morgan fingerprint density at radius 3 is 2.62 bits per heavy atom. The molecule has 3 rings (SSSR count). The second kappa shape index (κ2) is 2.97. The molecule has 2 heteroatoms. The lowest BCUT2D eigenvalue weighted by molar-refractivity contribution is 0.842. The predicted octanol–water partition coefficient (Wildman–Crippen LogP) is 3.49. The molecule has 1 aromatic heterocycles. The summed E-state index contributed by atoms with van der Waals surface area (Å²) in [6, 6.07) is 0.215. The second-order valence-electron chi connectivity index (χ2n) is 4.73. The Hall–Kier alpha value is -1.57. The van der Waals surface area contributed by atoms with E-state index in [0.29, 0.717) is 0 Å². The average molecular weight is 212 g/mol. The Labute approximate surface area is 95.8 Å². The molecule has 2 heterocycles. The fraction of sp³-hybridized carbons (Fsp3) is 0.357. The van der Waals surface area contributed by atoms with E-state index in [4.69, 9.17) is 4.99 Å². The largest absolute Gasteiger partial charge is 0.360 e. The number of nitrogens with one attached hydrogen (secondary N) is 1. The van der Waals surface area contributed by atoms with Gasteiger partial charge in [0.1, 0.15) is 6.04 Å². The lowest BCUT2D eigenvalue weighted by Gasteiger charge is -2.15. The van der Waals surface area contributed by atoms with Gasteiger partial charge in [-0.25, -0.2) is 0 Å². The Balaban J connectivity index is 2.26. The molecule has 2 nitrogen and oxygen atoms in total. The molecule has 1 unspecified atom stereocenters. The van der Waals surface area contributed by atoms with E-state index in [0.717, 1.165) is 0 Å². The Bertz CT molecular complexity index is 568. The topological polar surface area (TPSA) is 28.1 Å². The lowest BCUT2D eigenvalue weighted by atomic mass is 9.92. The van der Waals surface area contributed by atoms with Gasteiger partial charge in [-0.1, -0.05) is 12.2 Å². The van der Waals surface area contributed by atoms with Gasteiger partial charge in [0.25, 0.3) is 0 Å². The van der Waals surface area contributed by atoms with Crippen LogP contribution in [0.3, 0.4) is 0 Å². The van der Waals surface area contributed by atoms with Crippen LogP contribution in [0.25, 0.3) is 6.08 Å². The van der Waals surface area contributed by atoms with Crippen LogP contribution in [0.15, 0.2) is 22.2 Å². The van der Waals surface area contributed by atoms with Gasteiger partial charge in [-0.15, -0.1) is 0 Å². The highest BCUT2D eigenvalue weighted by atomic mass is 14.9. The number of fused-ring (bicyclic) bond motifs is 3. The predicted molar refractivity (Wildman–Crippen MR) is 67.9 cm³/mol. The third-order valence-corrected chi connectivity index (χ3v) is 3.87. The standard InChI is InChI=1S/C14H16N2/c1-7-9(3)15-13-11(7)5-6-12-8(2)10(4)16-14(12)13/h5-6,13,16H,1-4H3. The van der Waals surface area contributed by atoms with E-state index >= 15 is 0 Å². The van der Waals surface area contributed by atoms with Crippen molar-refractivity contribution >= 4 is 11.8 Å². The van der Waals surface area contributed by atoms with Crippen molar-refractivity contribution in [3.63, 3.8) is 0 Å². The highest BCUT2D eigenvalue weighted by Gasteiger charge is 2.29. The fourth-order valence-electron chi connectivity index (χ4n) is 2.58. The van der Waals surface area contributed by atoms with E-state index in [9.17, 15) is 0 Å². The van der Waals surface area contributed by atoms with Crippen LogP contribution in [0.4, 0.5) is 0 Å². The Morgan fingerprint density at radius 1 is 1.12 bits per heavy atom. The van der Waals surface area contributed by atoms with Crippen LogP contribution in [-0.2, 0) is 0 Å². The fourth-order valence-corrected chi connectivity index (χ4v) is 2.58. The van der Waals surface area contributed by atoms with Crippen molar-refractivity contribution < 1.29 is 0 Å². The van der Waals surface area contributed by atoms with Crippen LogP contribution < -0.4 is 0 Å². The van der Waals surface area contributed by atoms with E-state index < -0.39 is 0 Å². The quantitative estimate of drug-likeness (QED) is 0.682. The van der Waals surface area contributed by atoms with Gasteiger partial charge in [0.05, 0.1) is 5.69 Å². The van der Waals surface area contributed by atoms with Gasteiger partial charge >= 0.3 is 0 Å². The van der Waals surface area contributed by atoms with E-state index in [-0.39, 0.29) is 6.04 Å². The monoisotopic (exact) mass is 212 g/mol. The highest BCUT2D eigenvalue weighted by molar-refractivity contribution is 6.02. The van der Waals surface area contributed by atoms with Gasteiger partial charge in [0.15, 0.2) is 0 Å². The van der Waals surface area contributed by atoms with E-state index in [1.54, 1.807) is 0 Å². The minimum atomic E-state index is 0.215.